The Morgan fingerprint density at radius 3 is 2.33 bits per heavy atom. The first-order valence-corrected chi connectivity index (χ1v) is 6.15. The zero-order valence-electron chi connectivity index (χ0n) is 10.8. The highest BCUT2D eigenvalue weighted by Crippen LogP contribution is 2.21. The molecular weight excluding hydrogens is 273 g/mol. The van der Waals surface area contributed by atoms with Gasteiger partial charge in [-0.1, -0.05) is 5.21 Å². The predicted molar refractivity (Wildman–Crippen MR) is 73.7 cm³/mol. The van der Waals surface area contributed by atoms with Crippen LogP contribution in [0.4, 0.5) is 4.39 Å². The van der Waals surface area contributed by atoms with Gasteiger partial charge in [-0.3, -0.25) is 0 Å². The smallest absolute Gasteiger partial charge is 0.335 e. The largest absolute Gasteiger partial charge is 0.478 e. The maximum atomic E-state index is 13.0. The van der Waals surface area contributed by atoms with Gasteiger partial charge in [-0.25, -0.2) is 13.9 Å². The van der Waals surface area contributed by atoms with Crippen molar-refractivity contribution in [3.63, 3.8) is 0 Å². The zero-order valence-corrected chi connectivity index (χ0v) is 10.8. The summed E-state index contributed by atoms with van der Waals surface area (Å²) in [5.74, 6) is -1.30. The van der Waals surface area contributed by atoms with Crippen molar-refractivity contribution in [3.05, 3.63) is 66.1 Å². The van der Waals surface area contributed by atoms with E-state index in [1.807, 2.05) is 0 Å². The van der Waals surface area contributed by atoms with Crippen molar-refractivity contribution in [2.75, 3.05) is 0 Å². The monoisotopic (exact) mass is 283 g/mol. The Labute approximate surface area is 119 Å². The first kappa shape index (κ1) is 13.0. The van der Waals surface area contributed by atoms with Crippen LogP contribution in [-0.4, -0.2) is 26.1 Å². The highest BCUT2D eigenvalue weighted by Gasteiger charge is 2.10. The number of rotatable bonds is 3. The van der Waals surface area contributed by atoms with Crippen molar-refractivity contribution < 1.29 is 14.3 Å². The molecule has 0 amide bonds. The van der Waals surface area contributed by atoms with Crippen LogP contribution in [0.3, 0.4) is 0 Å². The SMILES string of the molecule is O=C(O)c1ccc(-n2nncc2-c2ccc(F)cc2)cc1. The molecule has 5 nitrogen and oxygen atoms in total. The van der Waals surface area contributed by atoms with E-state index in [1.165, 1.54) is 24.3 Å². The second-order valence-electron chi connectivity index (χ2n) is 4.39. The molecule has 0 unspecified atom stereocenters. The molecule has 3 aromatic rings. The van der Waals surface area contributed by atoms with Crippen LogP contribution in [0, 0.1) is 5.82 Å². The summed E-state index contributed by atoms with van der Waals surface area (Å²) >= 11 is 0. The fraction of sp³-hybridized carbons (Fsp3) is 0. The Kier molecular flexibility index (Phi) is 3.19. The summed E-state index contributed by atoms with van der Waals surface area (Å²) in [6, 6.07) is 12.3. The Morgan fingerprint density at radius 1 is 1.05 bits per heavy atom. The third-order valence-corrected chi connectivity index (χ3v) is 3.05. The van der Waals surface area contributed by atoms with Gasteiger partial charge in [0.25, 0.3) is 0 Å². The van der Waals surface area contributed by atoms with Crippen molar-refractivity contribution >= 4 is 5.97 Å². The summed E-state index contributed by atoms with van der Waals surface area (Å²) in [6.45, 7) is 0. The second kappa shape index (κ2) is 5.16. The van der Waals surface area contributed by atoms with Crippen molar-refractivity contribution in [2.24, 2.45) is 0 Å². The fourth-order valence-corrected chi connectivity index (χ4v) is 1.99. The summed E-state index contributed by atoms with van der Waals surface area (Å²) in [5.41, 5.74) is 2.33. The maximum Gasteiger partial charge on any atom is 0.335 e. The van der Waals surface area contributed by atoms with Gasteiger partial charge in [-0.15, -0.1) is 5.10 Å². The number of carbonyl (C=O) groups is 1. The average molecular weight is 283 g/mol. The number of carboxylic acid groups (broad SMARTS) is 1. The van der Waals surface area contributed by atoms with Crippen LogP contribution >= 0.6 is 0 Å². The van der Waals surface area contributed by atoms with E-state index < -0.39 is 5.97 Å². The van der Waals surface area contributed by atoms with Crippen molar-refractivity contribution in [1.82, 2.24) is 15.0 Å². The van der Waals surface area contributed by atoms with Gasteiger partial charge in [0.15, 0.2) is 0 Å². The lowest BCUT2D eigenvalue weighted by Gasteiger charge is -2.06. The van der Waals surface area contributed by atoms with E-state index in [9.17, 15) is 9.18 Å². The van der Waals surface area contributed by atoms with Gasteiger partial charge < -0.3 is 5.11 Å². The molecule has 1 N–H and O–H groups in total. The van der Waals surface area contributed by atoms with Gasteiger partial charge in [-0.2, -0.15) is 0 Å². The molecule has 21 heavy (non-hydrogen) atoms. The zero-order chi connectivity index (χ0) is 14.8. The third-order valence-electron chi connectivity index (χ3n) is 3.05. The molecule has 0 saturated carbocycles. The molecule has 3 rings (SSSR count). The van der Waals surface area contributed by atoms with Crippen molar-refractivity contribution in [3.8, 4) is 16.9 Å². The van der Waals surface area contributed by atoms with Crippen molar-refractivity contribution in [2.45, 2.75) is 0 Å². The predicted octanol–water partition coefficient (Wildman–Crippen LogP) is 2.77. The van der Waals surface area contributed by atoms with Crippen LogP contribution in [-0.2, 0) is 0 Å². The van der Waals surface area contributed by atoms with Gasteiger partial charge in [0.05, 0.1) is 23.1 Å². The van der Waals surface area contributed by atoms with E-state index in [0.29, 0.717) is 11.4 Å². The maximum absolute atomic E-state index is 13.0. The minimum atomic E-state index is -0.987. The molecule has 0 saturated heterocycles. The van der Waals surface area contributed by atoms with Crippen LogP contribution in [0.1, 0.15) is 10.4 Å². The van der Waals surface area contributed by atoms with E-state index in [-0.39, 0.29) is 11.4 Å². The molecule has 6 heteroatoms. The van der Waals surface area contributed by atoms with Gasteiger partial charge >= 0.3 is 5.97 Å². The highest BCUT2D eigenvalue weighted by atomic mass is 19.1. The van der Waals surface area contributed by atoms with Gasteiger partial charge in [-0.05, 0) is 48.5 Å². The number of benzene rings is 2. The Bertz CT molecular complexity index is 779. The molecule has 0 aliphatic heterocycles. The van der Waals surface area contributed by atoms with Crippen LogP contribution in [0.25, 0.3) is 16.9 Å². The number of hydrogen-bond donors (Lipinski definition) is 1. The van der Waals surface area contributed by atoms with Gasteiger partial charge in [0.1, 0.15) is 5.82 Å². The highest BCUT2D eigenvalue weighted by molar-refractivity contribution is 5.87. The lowest BCUT2D eigenvalue weighted by Crippen LogP contribution is -2.01. The Morgan fingerprint density at radius 2 is 1.71 bits per heavy atom. The Balaban J connectivity index is 2.02. The first-order chi connectivity index (χ1) is 10.1. The number of aromatic nitrogens is 3. The normalized spacial score (nSPS) is 10.5. The molecule has 0 bridgehead atoms. The molecule has 104 valence electrons. The lowest BCUT2D eigenvalue weighted by atomic mass is 10.1. The van der Waals surface area contributed by atoms with Gasteiger partial charge in [0, 0.05) is 5.56 Å². The number of aromatic carboxylic acids is 1. The van der Waals surface area contributed by atoms with Crippen molar-refractivity contribution in [1.29, 1.82) is 0 Å². The number of nitrogens with zero attached hydrogens (tertiary/aromatic N) is 3. The van der Waals surface area contributed by atoms with E-state index in [2.05, 4.69) is 10.3 Å². The number of hydrogen-bond acceptors (Lipinski definition) is 3. The summed E-state index contributed by atoms with van der Waals surface area (Å²) in [5, 5.41) is 16.7. The molecule has 0 radical (unpaired) electrons. The second-order valence-corrected chi connectivity index (χ2v) is 4.39. The summed E-state index contributed by atoms with van der Waals surface area (Å²) in [7, 11) is 0. The van der Waals surface area contributed by atoms with Gasteiger partial charge in [0.2, 0.25) is 0 Å². The Hall–Kier alpha value is -3.02. The minimum Gasteiger partial charge on any atom is -0.478 e. The quantitative estimate of drug-likeness (QED) is 0.802. The van der Waals surface area contributed by atoms with Crippen LogP contribution in [0.15, 0.2) is 54.7 Å². The number of carboxylic acids is 1. The van der Waals surface area contributed by atoms with E-state index >= 15 is 0 Å². The van der Waals surface area contributed by atoms with E-state index in [4.69, 9.17) is 5.11 Å². The third kappa shape index (κ3) is 2.51. The molecule has 0 aliphatic rings. The molecule has 0 atom stereocenters. The topological polar surface area (TPSA) is 68.0 Å². The standard InChI is InChI=1S/C15H10FN3O2/c16-12-5-1-10(2-6-12)14-9-17-18-19(14)13-7-3-11(4-8-13)15(20)21/h1-9H,(H,20,21). The summed E-state index contributed by atoms with van der Waals surface area (Å²) < 4.78 is 14.5. The molecule has 1 aromatic heterocycles. The molecule has 0 fully saturated rings. The van der Waals surface area contributed by atoms with Crippen LogP contribution in [0.2, 0.25) is 0 Å². The lowest BCUT2D eigenvalue weighted by molar-refractivity contribution is 0.0697. The molecule has 0 aliphatic carbocycles. The average Bonchev–Trinajstić information content (AvgIpc) is 2.97. The molecule has 0 spiro atoms. The number of halogens is 1. The molecular formula is C15H10FN3O2. The minimum absolute atomic E-state index is 0.196. The molecule has 2 aromatic carbocycles. The van der Waals surface area contributed by atoms with E-state index in [0.717, 1.165) is 5.56 Å². The fourth-order valence-electron chi connectivity index (χ4n) is 1.99. The van der Waals surface area contributed by atoms with Crippen LogP contribution < -0.4 is 0 Å². The summed E-state index contributed by atoms with van der Waals surface area (Å²) in [4.78, 5) is 10.8. The summed E-state index contributed by atoms with van der Waals surface area (Å²) in [6.07, 6.45) is 1.57. The molecule has 1 heterocycles. The van der Waals surface area contributed by atoms with E-state index in [1.54, 1.807) is 35.1 Å². The first-order valence-electron chi connectivity index (χ1n) is 6.15. The van der Waals surface area contributed by atoms with Crippen LogP contribution in [0.5, 0.6) is 0 Å².